The molecule has 8 heteroatoms. The third-order valence-electron chi connectivity index (χ3n) is 9.02. The lowest BCUT2D eigenvalue weighted by Gasteiger charge is -2.48. The van der Waals surface area contributed by atoms with Gasteiger partial charge in [0.2, 0.25) is 11.8 Å². The van der Waals surface area contributed by atoms with Gasteiger partial charge in [0.15, 0.2) is 0 Å². The maximum absolute atomic E-state index is 14.1. The van der Waals surface area contributed by atoms with Gasteiger partial charge in [-0.25, -0.2) is 0 Å². The van der Waals surface area contributed by atoms with Gasteiger partial charge < -0.3 is 19.9 Å². The van der Waals surface area contributed by atoms with Crippen molar-refractivity contribution in [1.29, 1.82) is 0 Å². The molecule has 1 saturated heterocycles. The summed E-state index contributed by atoms with van der Waals surface area (Å²) >= 11 is 0. The van der Waals surface area contributed by atoms with E-state index in [2.05, 4.69) is 67.5 Å². The number of hydrogen-bond acceptors (Lipinski definition) is 5. The molecule has 2 aliphatic heterocycles. The zero-order valence-corrected chi connectivity index (χ0v) is 24.8. The van der Waals surface area contributed by atoms with Crippen LogP contribution in [-0.4, -0.2) is 52.7 Å². The molecule has 38 heavy (non-hydrogen) atoms. The summed E-state index contributed by atoms with van der Waals surface area (Å²) in [6.45, 7) is 18.4. The molecule has 210 valence electrons. The Hall–Kier alpha value is -1.90. The predicted molar refractivity (Wildman–Crippen MR) is 151 cm³/mol. The fourth-order valence-electron chi connectivity index (χ4n) is 6.45. The van der Waals surface area contributed by atoms with Crippen molar-refractivity contribution in [2.24, 2.45) is 11.8 Å². The Kier molecular flexibility index (Phi) is 8.11. The molecule has 1 aliphatic carbocycles. The van der Waals surface area contributed by atoms with Crippen molar-refractivity contribution in [2.45, 2.75) is 123 Å². The first-order valence-corrected chi connectivity index (χ1v) is 14.4. The Bertz CT molecular complexity index is 996. The van der Waals surface area contributed by atoms with Crippen LogP contribution in [0.3, 0.4) is 0 Å². The first-order chi connectivity index (χ1) is 17.6. The Labute approximate surface area is 229 Å². The lowest BCUT2D eigenvalue weighted by atomic mass is 9.64. The fraction of sp³-hybridized carbons (Fsp3) is 0.733. The fourth-order valence-corrected chi connectivity index (χ4v) is 6.45. The summed E-state index contributed by atoms with van der Waals surface area (Å²) in [7, 11) is -0.251. The summed E-state index contributed by atoms with van der Waals surface area (Å²) < 4.78 is 12.5. The van der Waals surface area contributed by atoms with E-state index in [1.54, 1.807) is 0 Å². The van der Waals surface area contributed by atoms with Crippen LogP contribution in [0.4, 0.5) is 0 Å². The predicted octanol–water partition coefficient (Wildman–Crippen LogP) is 4.69. The molecule has 0 unspecified atom stereocenters. The Morgan fingerprint density at radius 1 is 1.03 bits per heavy atom. The zero-order chi connectivity index (χ0) is 27.9. The number of amides is 2. The van der Waals surface area contributed by atoms with Gasteiger partial charge in [-0.05, 0) is 91.1 Å². The van der Waals surface area contributed by atoms with Crippen molar-refractivity contribution in [3.05, 3.63) is 35.4 Å². The second kappa shape index (κ2) is 10.6. The number of benzene rings is 1. The SMILES string of the molecule is CC(=O)N[C@]1(C(=O)NC(C)(C)C)C[C@H](CCB2OC(C)(C)C(C)(C)O2)CC[C@H]1CN1Cc2ccccc2C1. The Morgan fingerprint density at radius 3 is 2.13 bits per heavy atom. The van der Waals surface area contributed by atoms with Gasteiger partial charge in [0.25, 0.3) is 0 Å². The van der Waals surface area contributed by atoms with Crippen LogP contribution in [0.15, 0.2) is 24.3 Å². The van der Waals surface area contributed by atoms with Crippen molar-refractivity contribution in [3.8, 4) is 0 Å². The molecule has 2 fully saturated rings. The van der Waals surface area contributed by atoms with Crippen LogP contribution < -0.4 is 10.6 Å². The second-order valence-corrected chi connectivity index (χ2v) is 13.9. The first kappa shape index (κ1) is 29.1. The molecule has 2 N–H and O–H groups in total. The minimum atomic E-state index is -0.952. The third-order valence-corrected chi connectivity index (χ3v) is 9.02. The molecule has 2 heterocycles. The molecule has 1 saturated carbocycles. The Balaban J connectivity index is 1.53. The Morgan fingerprint density at radius 2 is 1.61 bits per heavy atom. The summed E-state index contributed by atoms with van der Waals surface area (Å²) in [5, 5.41) is 6.43. The zero-order valence-electron chi connectivity index (χ0n) is 24.8. The summed E-state index contributed by atoms with van der Waals surface area (Å²) in [5.74, 6) is 0.0902. The second-order valence-electron chi connectivity index (χ2n) is 13.9. The monoisotopic (exact) mass is 525 g/mol. The van der Waals surface area contributed by atoms with Crippen LogP contribution in [0.2, 0.25) is 6.32 Å². The van der Waals surface area contributed by atoms with Crippen molar-refractivity contribution in [3.63, 3.8) is 0 Å². The molecule has 0 spiro atoms. The highest BCUT2D eigenvalue weighted by molar-refractivity contribution is 6.45. The third kappa shape index (κ3) is 6.29. The summed E-state index contributed by atoms with van der Waals surface area (Å²) in [6, 6.07) is 8.56. The molecule has 1 aromatic rings. The van der Waals surface area contributed by atoms with E-state index in [1.165, 1.54) is 18.1 Å². The molecular weight excluding hydrogens is 477 g/mol. The summed E-state index contributed by atoms with van der Waals surface area (Å²) in [4.78, 5) is 29.1. The van der Waals surface area contributed by atoms with E-state index in [4.69, 9.17) is 9.31 Å². The van der Waals surface area contributed by atoms with Crippen LogP contribution >= 0.6 is 0 Å². The highest BCUT2D eigenvalue weighted by Gasteiger charge is 2.53. The summed E-state index contributed by atoms with van der Waals surface area (Å²) in [5.41, 5.74) is 0.657. The van der Waals surface area contributed by atoms with E-state index in [1.807, 2.05) is 20.8 Å². The largest absolute Gasteiger partial charge is 0.457 e. The smallest absolute Gasteiger partial charge is 0.403 e. The van der Waals surface area contributed by atoms with Crippen LogP contribution in [0.25, 0.3) is 0 Å². The van der Waals surface area contributed by atoms with E-state index in [0.29, 0.717) is 12.3 Å². The quantitative estimate of drug-likeness (QED) is 0.505. The first-order valence-electron chi connectivity index (χ1n) is 14.4. The minimum Gasteiger partial charge on any atom is -0.403 e. The molecule has 0 bridgehead atoms. The number of nitrogens with zero attached hydrogens (tertiary/aromatic N) is 1. The number of carbonyl (C=O) groups is 2. The molecule has 3 aliphatic rings. The van der Waals surface area contributed by atoms with Crippen molar-refractivity contribution in [2.75, 3.05) is 6.54 Å². The topological polar surface area (TPSA) is 79.9 Å². The van der Waals surface area contributed by atoms with E-state index < -0.39 is 11.1 Å². The number of rotatable bonds is 7. The molecule has 0 radical (unpaired) electrons. The minimum absolute atomic E-state index is 0.0242. The van der Waals surface area contributed by atoms with Gasteiger partial charge in [0.1, 0.15) is 5.54 Å². The normalized spacial score (nSPS) is 28.7. The maximum Gasteiger partial charge on any atom is 0.457 e. The highest BCUT2D eigenvalue weighted by atomic mass is 16.7. The standard InChI is InChI=1S/C30H48BN3O4/c1-21(35)32-30(26(36)33-27(2,3)4)17-22(15-16-31-37-28(5,6)29(7,8)38-31)13-14-25(30)20-34-18-23-11-9-10-12-24(23)19-34/h9-12,22,25H,13-20H2,1-8H3,(H,32,35)(H,33,36)/t22-,25-,30+/m0/s1. The van der Waals surface area contributed by atoms with Crippen molar-refractivity contribution in [1.82, 2.24) is 15.5 Å². The van der Waals surface area contributed by atoms with Gasteiger partial charge in [-0.1, -0.05) is 30.7 Å². The number of carbonyl (C=O) groups excluding carboxylic acids is 2. The van der Waals surface area contributed by atoms with Crippen LogP contribution in [0, 0.1) is 11.8 Å². The van der Waals surface area contributed by atoms with Crippen LogP contribution in [0.5, 0.6) is 0 Å². The van der Waals surface area contributed by atoms with Gasteiger partial charge in [0.05, 0.1) is 11.2 Å². The van der Waals surface area contributed by atoms with Crippen LogP contribution in [0.1, 0.15) is 92.2 Å². The number of nitrogens with one attached hydrogen (secondary N) is 2. The van der Waals surface area contributed by atoms with E-state index in [-0.39, 0.29) is 36.1 Å². The molecule has 4 rings (SSSR count). The number of hydrogen-bond donors (Lipinski definition) is 2. The molecule has 3 atom stereocenters. The van der Waals surface area contributed by atoms with E-state index in [0.717, 1.165) is 45.2 Å². The molecular formula is C30H48BN3O4. The lowest BCUT2D eigenvalue weighted by Crippen LogP contribution is -2.68. The van der Waals surface area contributed by atoms with Crippen LogP contribution in [-0.2, 0) is 32.0 Å². The van der Waals surface area contributed by atoms with Gasteiger partial charge in [-0.2, -0.15) is 0 Å². The molecule has 2 amide bonds. The maximum atomic E-state index is 14.1. The average molecular weight is 526 g/mol. The lowest BCUT2D eigenvalue weighted by molar-refractivity contribution is -0.140. The van der Waals surface area contributed by atoms with Gasteiger partial charge in [0, 0.05) is 38.0 Å². The van der Waals surface area contributed by atoms with Crippen molar-refractivity contribution < 1.29 is 18.9 Å². The van der Waals surface area contributed by atoms with Crippen molar-refractivity contribution >= 4 is 18.9 Å². The van der Waals surface area contributed by atoms with Gasteiger partial charge in [-0.3, -0.25) is 14.5 Å². The highest BCUT2D eigenvalue weighted by Crippen LogP contribution is 2.43. The van der Waals surface area contributed by atoms with E-state index >= 15 is 0 Å². The van der Waals surface area contributed by atoms with Gasteiger partial charge in [-0.15, -0.1) is 0 Å². The van der Waals surface area contributed by atoms with Gasteiger partial charge >= 0.3 is 7.12 Å². The molecule has 7 nitrogen and oxygen atoms in total. The van der Waals surface area contributed by atoms with E-state index in [9.17, 15) is 9.59 Å². The summed E-state index contributed by atoms with van der Waals surface area (Å²) in [6.07, 6.45) is 4.21. The molecule has 1 aromatic carbocycles. The number of fused-ring (bicyclic) bond motifs is 1. The molecule has 0 aromatic heterocycles. The average Bonchev–Trinajstić information content (AvgIpc) is 3.28.